The number of ether oxygens (including phenoxy) is 3. The van der Waals surface area contributed by atoms with Gasteiger partial charge in [0, 0.05) is 25.5 Å². The molecule has 0 radical (unpaired) electrons. The van der Waals surface area contributed by atoms with E-state index in [1.54, 1.807) is 13.2 Å². The quantitative estimate of drug-likeness (QED) is 0.430. The van der Waals surface area contributed by atoms with Crippen LogP contribution < -0.4 is 0 Å². The van der Waals surface area contributed by atoms with Crippen LogP contribution in [-0.4, -0.2) is 37.1 Å². The second-order valence-electron chi connectivity index (χ2n) is 7.67. The molecule has 0 spiro atoms. The summed E-state index contributed by atoms with van der Waals surface area (Å²) in [7, 11) is 1.62. The molecule has 1 fully saturated rings. The third kappa shape index (κ3) is 7.75. The minimum atomic E-state index is -0.456. The standard InChI is InChI=1S/C25H34O4/c1-6-10-18(2)13-19(3)14-20(4)24-16-22(26)15-23(29-24)17-28-25(27-5)21-11-8-7-9-12-21/h6-12,14,22-26H,1,4,13,15-17H2,2-3,5H3/b18-10+,19-14+. The number of aliphatic hydroxyl groups excluding tert-OH is 1. The van der Waals surface area contributed by atoms with Gasteiger partial charge in [-0.2, -0.15) is 0 Å². The minimum Gasteiger partial charge on any atom is -0.393 e. The molecule has 2 rings (SSSR count). The first kappa shape index (κ1) is 23.3. The van der Waals surface area contributed by atoms with Crippen molar-refractivity contribution in [3.8, 4) is 0 Å². The Hall–Kier alpha value is -1.98. The summed E-state index contributed by atoms with van der Waals surface area (Å²) in [6, 6.07) is 9.78. The molecule has 4 unspecified atom stereocenters. The number of benzene rings is 1. The van der Waals surface area contributed by atoms with E-state index in [0.717, 1.165) is 17.6 Å². The Balaban J connectivity index is 1.94. The van der Waals surface area contributed by atoms with Crippen molar-refractivity contribution in [2.24, 2.45) is 0 Å². The largest absolute Gasteiger partial charge is 0.393 e. The molecule has 1 saturated heterocycles. The van der Waals surface area contributed by atoms with Crippen molar-refractivity contribution in [3.05, 3.63) is 84.0 Å². The van der Waals surface area contributed by atoms with Crippen LogP contribution in [0.15, 0.2) is 78.4 Å². The van der Waals surface area contributed by atoms with Crippen LogP contribution in [0.25, 0.3) is 0 Å². The van der Waals surface area contributed by atoms with Crippen LogP contribution in [-0.2, 0) is 14.2 Å². The predicted molar refractivity (Wildman–Crippen MR) is 118 cm³/mol. The highest BCUT2D eigenvalue weighted by Crippen LogP contribution is 2.27. The van der Waals surface area contributed by atoms with Gasteiger partial charge in [0.15, 0.2) is 6.29 Å². The molecule has 1 heterocycles. The molecular weight excluding hydrogens is 364 g/mol. The molecule has 1 N–H and O–H groups in total. The highest BCUT2D eigenvalue weighted by atomic mass is 16.7. The van der Waals surface area contributed by atoms with Gasteiger partial charge in [0.25, 0.3) is 0 Å². The number of methoxy groups -OCH3 is 1. The summed E-state index contributed by atoms with van der Waals surface area (Å²) >= 11 is 0. The Morgan fingerprint density at radius 1 is 1.24 bits per heavy atom. The van der Waals surface area contributed by atoms with Gasteiger partial charge in [0.05, 0.1) is 24.9 Å². The summed E-state index contributed by atoms with van der Waals surface area (Å²) in [5.74, 6) is 0. The fourth-order valence-corrected chi connectivity index (χ4v) is 3.60. The van der Waals surface area contributed by atoms with E-state index in [1.165, 1.54) is 11.1 Å². The van der Waals surface area contributed by atoms with Crippen LogP contribution in [0, 0.1) is 0 Å². The molecular formula is C25H34O4. The van der Waals surface area contributed by atoms with Crippen molar-refractivity contribution >= 4 is 0 Å². The molecule has 1 aliphatic rings. The Morgan fingerprint density at radius 3 is 2.62 bits per heavy atom. The van der Waals surface area contributed by atoms with Gasteiger partial charge in [-0.1, -0.05) is 72.9 Å². The molecule has 0 aromatic heterocycles. The molecule has 1 aromatic carbocycles. The van der Waals surface area contributed by atoms with Crippen molar-refractivity contribution in [1.82, 2.24) is 0 Å². The molecule has 0 aliphatic carbocycles. The number of rotatable bonds is 10. The average molecular weight is 399 g/mol. The summed E-state index contributed by atoms with van der Waals surface area (Å²) in [5, 5.41) is 10.3. The zero-order chi connectivity index (χ0) is 21.2. The van der Waals surface area contributed by atoms with E-state index in [4.69, 9.17) is 14.2 Å². The molecule has 1 aromatic rings. The average Bonchev–Trinajstić information content (AvgIpc) is 2.69. The summed E-state index contributed by atoms with van der Waals surface area (Å²) in [5.41, 5.74) is 4.27. The molecule has 0 bridgehead atoms. The maximum atomic E-state index is 10.3. The van der Waals surface area contributed by atoms with E-state index in [0.29, 0.717) is 19.4 Å². The highest BCUT2D eigenvalue weighted by molar-refractivity contribution is 5.27. The Labute approximate surface area is 175 Å². The Morgan fingerprint density at radius 2 is 1.97 bits per heavy atom. The molecule has 29 heavy (non-hydrogen) atoms. The maximum absolute atomic E-state index is 10.3. The van der Waals surface area contributed by atoms with Gasteiger partial charge in [0.2, 0.25) is 0 Å². The molecule has 4 nitrogen and oxygen atoms in total. The summed E-state index contributed by atoms with van der Waals surface area (Å²) in [4.78, 5) is 0. The minimum absolute atomic E-state index is 0.210. The topological polar surface area (TPSA) is 47.9 Å². The van der Waals surface area contributed by atoms with E-state index in [1.807, 2.05) is 36.4 Å². The lowest BCUT2D eigenvalue weighted by atomic mass is 9.95. The van der Waals surface area contributed by atoms with Crippen molar-refractivity contribution in [2.75, 3.05) is 13.7 Å². The summed E-state index contributed by atoms with van der Waals surface area (Å²) < 4.78 is 17.6. The van der Waals surface area contributed by atoms with Crippen LogP contribution in [0.5, 0.6) is 0 Å². The van der Waals surface area contributed by atoms with Gasteiger partial charge in [0.1, 0.15) is 0 Å². The van der Waals surface area contributed by atoms with Gasteiger partial charge < -0.3 is 19.3 Å². The van der Waals surface area contributed by atoms with Gasteiger partial charge in [-0.05, 0) is 25.8 Å². The third-order valence-electron chi connectivity index (χ3n) is 4.90. The van der Waals surface area contributed by atoms with Crippen LogP contribution in [0.2, 0.25) is 0 Å². The monoisotopic (exact) mass is 398 g/mol. The lowest BCUT2D eigenvalue weighted by Crippen LogP contribution is -2.39. The number of hydrogen-bond donors (Lipinski definition) is 1. The van der Waals surface area contributed by atoms with E-state index in [-0.39, 0.29) is 12.2 Å². The Bertz CT molecular complexity index is 720. The zero-order valence-corrected chi connectivity index (χ0v) is 17.8. The van der Waals surface area contributed by atoms with E-state index < -0.39 is 12.4 Å². The van der Waals surface area contributed by atoms with Gasteiger partial charge >= 0.3 is 0 Å². The van der Waals surface area contributed by atoms with Gasteiger partial charge in [-0.15, -0.1) is 0 Å². The number of allylic oxidation sites excluding steroid dienone is 4. The van der Waals surface area contributed by atoms with Crippen LogP contribution in [0.4, 0.5) is 0 Å². The number of aliphatic hydroxyl groups is 1. The Kier molecular flexibility index (Phi) is 9.55. The summed E-state index contributed by atoms with van der Waals surface area (Å²) in [6.45, 7) is 12.4. The first-order valence-corrected chi connectivity index (χ1v) is 10.1. The zero-order valence-electron chi connectivity index (χ0n) is 17.8. The smallest absolute Gasteiger partial charge is 0.183 e. The van der Waals surface area contributed by atoms with E-state index in [9.17, 15) is 5.11 Å². The first-order chi connectivity index (χ1) is 13.9. The van der Waals surface area contributed by atoms with Gasteiger partial charge in [-0.3, -0.25) is 0 Å². The predicted octanol–water partition coefficient (Wildman–Crippen LogP) is 5.28. The molecule has 0 amide bonds. The lowest BCUT2D eigenvalue weighted by molar-refractivity contribution is -0.173. The van der Waals surface area contributed by atoms with Crippen molar-refractivity contribution in [1.29, 1.82) is 0 Å². The van der Waals surface area contributed by atoms with Gasteiger partial charge in [-0.25, -0.2) is 0 Å². The number of hydrogen-bond acceptors (Lipinski definition) is 4. The van der Waals surface area contributed by atoms with Crippen molar-refractivity contribution in [2.45, 2.75) is 57.7 Å². The molecule has 4 atom stereocenters. The van der Waals surface area contributed by atoms with Crippen molar-refractivity contribution < 1.29 is 19.3 Å². The van der Waals surface area contributed by atoms with E-state index >= 15 is 0 Å². The third-order valence-corrected chi connectivity index (χ3v) is 4.90. The maximum Gasteiger partial charge on any atom is 0.183 e. The van der Waals surface area contributed by atoms with E-state index in [2.05, 4.69) is 33.1 Å². The van der Waals surface area contributed by atoms with Crippen LogP contribution in [0.1, 0.15) is 45.0 Å². The SMILES string of the molecule is C=C/C=C(\C)C/C(C)=C/C(=C)C1CC(O)CC(COC(OC)c2ccccc2)O1. The molecule has 1 aliphatic heterocycles. The lowest BCUT2D eigenvalue weighted by Gasteiger charge is -2.34. The highest BCUT2D eigenvalue weighted by Gasteiger charge is 2.30. The normalized spacial score (nSPS) is 24.2. The molecule has 0 saturated carbocycles. The fourth-order valence-electron chi connectivity index (χ4n) is 3.60. The molecule has 4 heteroatoms. The summed E-state index contributed by atoms with van der Waals surface area (Å²) in [6.07, 6.45) is 6.49. The van der Waals surface area contributed by atoms with Crippen LogP contribution >= 0.6 is 0 Å². The second kappa shape index (κ2) is 11.9. The fraction of sp³-hybridized carbons (Fsp3) is 0.440. The van der Waals surface area contributed by atoms with Crippen molar-refractivity contribution in [3.63, 3.8) is 0 Å². The first-order valence-electron chi connectivity index (χ1n) is 10.1. The van der Waals surface area contributed by atoms with Crippen LogP contribution in [0.3, 0.4) is 0 Å². The molecule has 158 valence electrons. The second-order valence-corrected chi connectivity index (χ2v) is 7.67.